The molecular weight excluding hydrogens is 384 g/mol. The molecule has 0 aliphatic rings. The maximum atomic E-state index is 2.44. The Balaban J connectivity index is 1.31. The van der Waals surface area contributed by atoms with E-state index in [2.05, 4.69) is 61.5 Å². The molecule has 2 aromatic carbocycles. The van der Waals surface area contributed by atoms with Crippen LogP contribution in [0.1, 0.15) is 128 Å². The number of hydrogen-bond donors (Lipinski definition) is 0. The molecular formula is C32H50. The van der Waals surface area contributed by atoms with Gasteiger partial charge in [-0.3, -0.25) is 0 Å². The lowest BCUT2D eigenvalue weighted by atomic mass is 10.0. The van der Waals surface area contributed by atoms with Crippen LogP contribution in [-0.4, -0.2) is 0 Å². The quantitative estimate of drug-likeness (QED) is 0.143. The fourth-order valence-corrected chi connectivity index (χ4v) is 4.68. The van der Waals surface area contributed by atoms with Gasteiger partial charge in [-0.05, 0) is 54.9 Å². The van der Waals surface area contributed by atoms with Gasteiger partial charge in [-0.15, -0.1) is 0 Å². The summed E-state index contributed by atoms with van der Waals surface area (Å²) in [4.78, 5) is 0. The number of fused-ring (bicyclic) bond motifs is 1. The third kappa shape index (κ3) is 13.1. The van der Waals surface area contributed by atoms with Gasteiger partial charge in [0.25, 0.3) is 0 Å². The van der Waals surface area contributed by atoms with Crippen molar-refractivity contribution in [3.63, 3.8) is 0 Å². The molecule has 2 rings (SSSR count). The second kappa shape index (κ2) is 19.0. The van der Waals surface area contributed by atoms with Gasteiger partial charge in [0, 0.05) is 0 Å². The first-order valence-electron chi connectivity index (χ1n) is 14.0. The Labute approximate surface area is 199 Å². The number of rotatable bonds is 20. The molecule has 0 spiro atoms. The van der Waals surface area contributed by atoms with Crippen LogP contribution in [0.5, 0.6) is 0 Å². The van der Waals surface area contributed by atoms with Gasteiger partial charge in [-0.1, -0.05) is 145 Å². The van der Waals surface area contributed by atoms with E-state index in [9.17, 15) is 0 Å². The summed E-state index contributed by atoms with van der Waals surface area (Å²) < 4.78 is 0. The third-order valence-electron chi connectivity index (χ3n) is 6.79. The molecule has 32 heavy (non-hydrogen) atoms. The van der Waals surface area contributed by atoms with E-state index in [1.54, 1.807) is 0 Å². The molecule has 0 heterocycles. The first kappa shape index (κ1) is 26.7. The number of allylic oxidation sites excluding steroid dienone is 2. The standard InChI is InChI=1S/C32H50/c1-2-3-4-5-6-7-8-9-10-11-12-13-14-15-16-17-18-19-20-21-24-30-27-28-31-25-22-23-26-32(31)29-30/h12-13,22-23,25-29H,2-11,14-21,24H2,1H3/b13-12+. The van der Waals surface area contributed by atoms with Crippen molar-refractivity contribution in [3.05, 3.63) is 60.2 Å². The van der Waals surface area contributed by atoms with E-state index in [1.807, 2.05) is 0 Å². The van der Waals surface area contributed by atoms with Gasteiger partial charge in [0.1, 0.15) is 0 Å². The van der Waals surface area contributed by atoms with Crippen LogP contribution in [0.4, 0.5) is 0 Å². The van der Waals surface area contributed by atoms with Crippen molar-refractivity contribution in [2.75, 3.05) is 0 Å². The molecule has 178 valence electrons. The smallest absolute Gasteiger partial charge is 0.0181 e. The van der Waals surface area contributed by atoms with Crippen molar-refractivity contribution >= 4 is 10.8 Å². The molecule has 0 saturated carbocycles. The maximum Gasteiger partial charge on any atom is -0.0181 e. The first-order chi connectivity index (χ1) is 15.9. The second-order valence-electron chi connectivity index (χ2n) is 9.78. The summed E-state index contributed by atoms with van der Waals surface area (Å²) in [6.07, 6.45) is 31.3. The fraction of sp³-hybridized carbons (Fsp3) is 0.625. The monoisotopic (exact) mass is 434 g/mol. The minimum Gasteiger partial charge on any atom is -0.0885 e. The van der Waals surface area contributed by atoms with Gasteiger partial charge in [0.15, 0.2) is 0 Å². The van der Waals surface area contributed by atoms with Crippen LogP contribution in [0.15, 0.2) is 54.6 Å². The lowest BCUT2D eigenvalue weighted by Crippen LogP contribution is -1.87. The number of unbranched alkanes of at least 4 members (excludes halogenated alkanes) is 16. The molecule has 0 saturated heterocycles. The number of aryl methyl sites for hydroxylation is 1. The molecule has 0 atom stereocenters. The topological polar surface area (TPSA) is 0 Å². The summed E-state index contributed by atoms with van der Waals surface area (Å²) in [6, 6.07) is 15.6. The number of benzene rings is 2. The molecule has 0 fully saturated rings. The second-order valence-corrected chi connectivity index (χ2v) is 9.78. The molecule has 0 nitrogen and oxygen atoms in total. The van der Waals surface area contributed by atoms with E-state index in [0.717, 1.165) is 0 Å². The number of hydrogen-bond acceptors (Lipinski definition) is 0. The normalized spacial score (nSPS) is 11.7. The average Bonchev–Trinajstić information content (AvgIpc) is 2.82. The zero-order valence-corrected chi connectivity index (χ0v) is 21.1. The van der Waals surface area contributed by atoms with Crippen molar-refractivity contribution in [3.8, 4) is 0 Å². The molecule has 0 bridgehead atoms. The van der Waals surface area contributed by atoms with Gasteiger partial charge in [0.05, 0.1) is 0 Å². The zero-order chi connectivity index (χ0) is 22.5. The van der Waals surface area contributed by atoms with Crippen molar-refractivity contribution < 1.29 is 0 Å². The molecule has 2 aromatic rings. The van der Waals surface area contributed by atoms with Crippen molar-refractivity contribution in [1.29, 1.82) is 0 Å². The maximum absolute atomic E-state index is 2.44. The van der Waals surface area contributed by atoms with E-state index in [0.29, 0.717) is 0 Å². The van der Waals surface area contributed by atoms with E-state index in [1.165, 1.54) is 138 Å². The van der Waals surface area contributed by atoms with Gasteiger partial charge >= 0.3 is 0 Å². The van der Waals surface area contributed by atoms with Crippen LogP contribution in [-0.2, 0) is 6.42 Å². The molecule has 0 heteroatoms. The summed E-state index contributed by atoms with van der Waals surface area (Å²) in [5, 5.41) is 2.74. The van der Waals surface area contributed by atoms with Crippen LogP contribution in [0, 0.1) is 0 Å². The Kier molecular flexibility index (Phi) is 15.8. The Hall–Kier alpha value is -1.56. The molecule has 0 unspecified atom stereocenters. The van der Waals surface area contributed by atoms with Crippen LogP contribution < -0.4 is 0 Å². The van der Waals surface area contributed by atoms with Crippen LogP contribution in [0.3, 0.4) is 0 Å². The summed E-state index contributed by atoms with van der Waals surface area (Å²) >= 11 is 0. The Bertz CT molecular complexity index is 711. The Morgan fingerprint density at radius 2 is 1.00 bits per heavy atom. The molecule has 0 aliphatic heterocycles. The van der Waals surface area contributed by atoms with Gasteiger partial charge < -0.3 is 0 Å². The van der Waals surface area contributed by atoms with E-state index >= 15 is 0 Å². The minimum atomic E-state index is 1.23. The average molecular weight is 435 g/mol. The van der Waals surface area contributed by atoms with Crippen LogP contribution >= 0.6 is 0 Å². The van der Waals surface area contributed by atoms with E-state index < -0.39 is 0 Å². The molecule has 0 N–H and O–H groups in total. The molecule has 0 aliphatic carbocycles. The van der Waals surface area contributed by atoms with Crippen molar-refractivity contribution in [2.24, 2.45) is 0 Å². The summed E-state index contributed by atoms with van der Waals surface area (Å²) in [5.41, 5.74) is 1.50. The minimum absolute atomic E-state index is 1.23. The van der Waals surface area contributed by atoms with Crippen molar-refractivity contribution in [2.45, 2.75) is 129 Å². The molecule has 0 radical (unpaired) electrons. The lowest BCUT2D eigenvalue weighted by molar-refractivity contribution is 0.566. The SMILES string of the molecule is CCCCCCCCCCC/C=C/CCCCCCCCCc1ccc2ccccc2c1. The predicted octanol–water partition coefficient (Wildman–Crippen LogP) is 11.0. The lowest BCUT2D eigenvalue weighted by Gasteiger charge is -2.04. The Morgan fingerprint density at radius 3 is 1.59 bits per heavy atom. The highest BCUT2D eigenvalue weighted by atomic mass is 14.0. The summed E-state index contributed by atoms with van der Waals surface area (Å²) in [7, 11) is 0. The van der Waals surface area contributed by atoms with E-state index in [-0.39, 0.29) is 0 Å². The first-order valence-corrected chi connectivity index (χ1v) is 14.0. The molecule has 0 amide bonds. The third-order valence-corrected chi connectivity index (χ3v) is 6.79. The summed E-state index contributed by atoms with van der Waals surface area (Å²) in [6.45, 7) is 2.30. The molecule has 0 aromatic heterocycles. The largest absolute Gasteiger partial charge is 0.0885 e. The van der Waals surface area contributed by atoms with Gasteiger partial charge in [-0.25, -0.2) is 0 Å². The van der Waals surface area contributed by atoms with Gasteiger partial charge in [-0.2, -0.15) is 0 Å². The Morgan fingerprint density at radius 1 is 0.500 bits per heavy atom. The predicted molar refractivity (Wildman–Crippen MR) is 146 cm³/mol. The van der Waals surface area contributed by atoms with Crippen LogP contribution in [0.25, 0.3) is 10.8 Å². The van der Waals surface area contributed by atoms with Gasteiger partial charge in [0.2, 0.25) is 0 Å². The fourth-order valence-electron chi connectivity index (χ4n) is 4.68. The van der Waals surface area contributed by atoms with E-state index in [4.69, 9.17) is 0 Å². The van der Waals surface area contributed by atoms with Crippen LogP contribution in [0.2, 0.25) is 0 Å². The van der Waals surface area contributed by atoms with Crippen molar-refractivity contribution in [1.82, 2.24) is 0 Å². The highest BCUT2D eigenvalue weighted by Crippen LogP contribution is 2.18. The zero-order valence-electron chi connectivity index (χ0n) is 21.1. The summed E-state index contributed by atoms with van der Waals surface area (Å²) in [5.74, 6) is 0. The highest BCUT2D eigenvalue weighted by molar-refractivity contribution is 5.82. The highest BCUT2D eigenvalue weighted by Gasteiger charge is 1.97.